The number of nitrogens with zero attached hydrogens (tertiary/aromatic N) is 1. The van der Waals surface area contributed by atoms with Gasteiger partial charge < -0.3 is 24.4 Å². The number of methoxy groups -OCH3 is 1. The predicted molar refractivity (Wildman–Crippen MR) is 144 cm³/mol. The zero-order valence-corrected chi connectivity index (χ0v) is 22.4. The fourth-order valence-corrected chi connectivity index (χ4v) is 3.64. The lowest BCUT2D eigenvalue weighted by Crippen LogP contribution is -2.40. The second-order valence-corrected chi connectivity index (χ2v) is 9.86. The van der Waals surface area contributed by atoms with E-state index >= 15 is 0 Å². The molecule has 0 aromatic heterocycles. The van der Waals surface area contributed by atoms with E-state index in [1.807, 2.05) is 60.7 Å². The van der Waals surface area contributed by atoms with Crippen molar-refractivity contribution < 1.29 is 23.8 Å². The predicted octanol–water partition coefficient (Wildman–Crippen LogP) is 6.09. The van der Waals surface area contributed by atoms with E-state index in [0.29, 0.717) is 41.8 Å². The van der Waals surface area contributed by atoms with Gasteiger partial charge in [-0.15, -0.1) is 0 Å². The first-order chi connectivity index (χ1) is 17.6. The first-order valence-corrected chi connectivity index (χ1v) is 12.4. The Morgan fingerprint density at radius 2 is 1.59 bits per heavy atom. The Morgan fingerprint density at radius 3 is 2.24 bits per heavy atom. The van der Waals surface area contributed by atoms with E-state index in [0.717, 1.165) is 11.1 Å². The van der Waals surface area contributed by atoms with Gasteiger partial charge in [0, 0.05) is 30.2 Å². The number of hydrogen-bond acceptors (Lipinski definition) is 5. The lowest BCUT2D eigenvalue weighted by atomic mass is 10.1. The van der Waals surface area contributed by atoms with Gasteiger partial charge in [-0.2, -0.15) is 0 Å². The Labute approximate surface area is 223 Å². The number of halogens is 1. The minimum Gasteiger partial charge on any atom is -0.493 e. The van der Waals surface area contributed by atoms with Crippen LogP contribution in [0.4, 0.5) is 4.79 Å². The second-order valence-electron chi connectivity index (χ2n) is 9.42. The van der Waals surface area contributed by atoms with Gasteiger partial charge in [-0.05, 0) is 68.3 Å². The van der Waals surface area contributed by atoms with Crippen molar-refractivity contribution in [2.45, 2.75) is 39.5 Å². The molecule has 3 rings (SSSR count). The third-order valence-electron chi connectivity index (χ3n) is 5.27. The van der Waals surface area contributed by atoms with Gasteiger partial charge in [-0.3, -0.25) is 4.79 Å². The third kappa shape index (κ3) is 9.03. The van der Waals surface area contributed by atoms with Crippen molar-refractivity contribution in [2.24, 2.45) is 0 Å². The standard InChI is InChI=1S/C29H33ClN2O5/c1-29(2,3)37-28(34)31-16-17-32(27(33)23-8-6-5-7-9-23)19-22-12-15-25(26(18-22)35-4)36-20-21-10-13-24(30)14-11-21/h5-15,18H,16-17,19-20H2,1-4H3,(H,31,34). The van der Waals surface area contributed by atoms with Gasteiger partial charge in [0.15, 0.2) is 11.5 Å². The minimum absolute atomic E-state index is 0.145. The molecule has 0 heterocycles. The fourth-order valence-electron chi connectivity index (χ4n) is 3.51. The third-order valence-corrected chi connectivity index (χ3v) is 5.52. The summed E-state index contributed by atoms with van der Waals surface area (Å²) in [5.74, 6) is 1.01. The molecule has 37 heavy (non-hydrogen) atoms. The van der Waals surface area contributed by atoms with Gasteiger partial charge in [0.05, 0.1) is 7.11 Å². The van der Waals surface area contributed by atoms with Gasteiger partial charge in [-0.25, -0.2) is 4.79 Å². The molecule has 3 aromatic carbocycles. The molecule has 0 spiro atoms. The van der Waals surface area contributed by atoms with Crippen LogP contribution in [0.1, 0.15) is 42.3 Å². The molecule has 7 nitrogen and oxygen atoms in total. The van der Waals surface area contributed by atoms with Crippen molar-refractivity contribution >= 4 is 23.6 Å². The van der Waals surface area contributed by atoms with Crippen LogP contribution in [-0.4, -0.2) is 42.7 Å². The van der Waals surface area contributed by atoms with Crippen molar-refractivity contribution in [3.8, 4) is 11.5 Å². The summed E-state index contributed by atoms with van der Waals surface area (Å²) in [6, 6.07) is 22.1. The molecule has 1 N–H and O–H groups in total. The van der Waals surface area contributed by atoms with E-state index in [4.69, 9.17) is 25.8 Å². The maximum atomic E-state index is 13.3. The van der Waals surface area contributed by atoms with Gasteiger partial charge in [0.25, 0.3) is 5.91 Å². The SMILES string of the molecule is COc1cc(CN(CCNC(=O)OC(C)(C)C)C(=O)c2ccccc2)ccc1OCc1ccc(Cl)cc1. The molecule has 0 aliphatic carbocycles. The Bertz CT molecular complexity index is 1180. The average Bonchev–Trinajstić information content (AvgIpc) is 2.87. The number of benzene rings is 3. The molecular formula is C29H33ClN2O5. The minimum atomic E-state index is -0.600. The van der Waals surface area contributed by atoms with E-state index in [2.05, 4.69) is 5.32 Å². The smallest absolute Gasteiger partial charge is 0.407 e. The monoisotopic (exact) mass is 524 g/mol. The highest BCUT2D eigenvalue weighted by molar-refractivity contribution is 6.30. The number of rotatable bonds is 10. The molecule has 0 aliphatic heterocycles. The van der Waals surface area contributed by atoms with Crippen LogP contribution in [0.2, 0.25) is 5.02 Å². The van der Waals surface area contributed by atoms with Crippen molar-refractivity contribution in [1.82, 2.24) is 10.2 Å². The topological polar surface area (TPSA) is 77.1 Å². The molecule has 0 bridgehead atoms. The van der Waals surface area contributed by atoms with Crippen molar-refractivity contribution in [1.29, 1.82) is 0 Å². The molecular weight excluding hydrogens is 492 g/mol. The van der Waals surface area contributed by atoms with Crippen molar-refractivity contribution in [2.75, 3.05) is 20.2 Å². The average molecular weight is 525 g/mol. The van der Waals surface area contributed by atoms with Gasteiger partial charge >= 0.3 is 6.09 Å². The highest BCUT2D eigenvalue weighted by Crippen LogP contribution is 2.29. The summed E-state index contributed by atoms with van der Waals surface area (Å²) in [4.78, 5) is 27.0. The Morgan fingerprint density at radius 1 is 0.919 bits per heavy atom. The summed E-state index contributed by atoms with van der Waals surface area (Å²) in [6.45, 7) is 6.62. The molecule has 0 unspecified atom stereocenters. The van der Waals surface area contributed by atoms with Crippen LogP contribution in [0.25, 0.3) is 0 Å². The van der Waals surface area contributed by atoms with E-state index in [-0.39, 0.29) is 12.5 Å². The number of hydrogen-bond donors (Lipinski definition) is 1. The van der Waals surface area contributed by atoms with E-state index in [9.17, 15) is 9.59 Å². The molecule has 0 saturated carbocycles. The summed E-state index contributed by atoms with van der Waals surface area (Å²) in [5, 5.41) is 3.39. The summed E-state index contributed by atoms with van der Waals surface area (Å²) >= 11 is 5.95. The van der Waals surface area contributed by atoms with Crippen LogP contribution in [0.5, 0.6) is 11.5 Å². The molecule has 0 fully saturated rings. The largest absolute Gasteiger partial charge is 0.493 e. The summed E-state index contributed by atoms with van der Waals surface area (Å²) in [5.41, 5.74) is 1.80. The number of carbonyl (C=O) groups excluding carboxylic acids is 2. The maximum absolute atomic E-state index is 13.3. The molecule has 0 saturated heterocycles. The number of carbonyl (C=O) groups is 2. The van der Waals surface area contributed by atoms with Gasteiger partial charge in [0.1, 0.15) is 12.2 Å². The molecule has 3 aromatic rings. The Kier molecular flexibility index (Phi) is 9.80. The molecule has 196 valence electrons. The van der Waals surface area contributed by atoms with Gasteiger partial charge in [-0.1, -0.05) is 48.0 Å². The fraction of sp³-hybridized carbons (Fsp3) is 0.310. The number of nitrogens with one attached hydrogen (secondary N) is 1. The lowest BCUT2D eigenvalue weighted by molar-refractivity contribution is 0.0512. The normalized spacial score (nSPS) is 10.9. The maximum Gasteiger partial charge on any atom is 0.407 e. The van der Waals surface area contributed by atoms with Crippen LogP contribution in [0.3, 0.4) is 0 Å². The van der Waals surface area contributed by atoms with E-state index in [1.165, 1.54) is 0 Å². The van der Waals surface area contributed by atoms with Crippen LogP contribution in [-0.2, 0) is 17.9 Å². The number of ether oxygens (including phenoxy) is 3. The van der Waals surface area contributed by atoms with E-state index in [1.54, 1.807) is 44.9 Å². The molecule has 0 aliphatic rings. The Hall–Kier alpha value is -3.71. The number of alkyl carbamates (subject to hydrolysis) is 1. The van der Waals surface area contributed by atoms with Crippen LogP contribution >= 0.6 is 11.6 Å². The summed E-state index contributed by atoms with van der Waals surface area (Å²) in [6.07, 6.45) is -0.525. The summed E-state index contributed by atoms with van der Waals surface area (Å²) in [7, 11) is 1.58. The number of amides is 2. The van der Waals surface area contributed by atoms with Gasteiger partial charge in [0.2, 0.25) is 0 Å². The quantitative estimate of drug-likeness (QED) is 0.347. The Balaban J connectivity index is 1.71. The zero-order chi connectivity index (χ0) is 26.8. The molecule has 2 amide bonds. The van der Waals surface area contributed by atoms with E-state index < -0.39 is 11.7 Å². The second kappa shape index (κ2) is 13.0. The van der Waals surface area contributed by atoms with Crippen molar-refractivity contribution in [3.63, 3.8) is 0 Å². The first kappa shape index (κ1) is 27.9. The first-order valence-electron chi connectivity index (χ1n) is 12.0. The lowest BCUT2D eigenvalue weighted by Gasteiger charge is -2.25. The van der Waals surface area contributed by atoms with Crippen LogP contribution < -0.4 is 14.8 Å². The highest BCUT2D eigenvalue weighted by atomic mass is 35.5. The molecule has 0 radical (unpaired) electrons. The zero-order valence-electron chi connectivity index (χ0n) is 21.6. The van der Waals surface area contributed by atoms with Crippen molar-refractivity contribution in [3.05, 3.63) is 94.5 Å². The molecule has 0 atom stereocenters. The summed E-state index contributed by atoms with van der Waals surface area (Å²) < 4.78 is 16.8. The van der Waals surface area contributed by atoms with Crippen LogP contribution in [0.15, 0.2) is 72.8 Å². The molecule has 8 heteroatoms. The van der Waals surface area contributed by atoms with Crippen LogP contribution in [0, 0.1) is 0 Å². The highest BCUT2D eigenvalue weighted by Gasteiger charge is 2.19.